The minimum Gasteiger partial charge on any atom is -0.286 e. The van der Waals surface area contributed by atoms with Gasteiger partial charge in [0, 0.05) is 0 Å². The summed E-state index contributed by atoms with van der Waals surface area (Å²) in [6.45, 7) is 2.29. The van der Waals surface area contributed by atoms with Gasteiger partial charge < -0.3 is 0 Å². The van der Waals surface area contributed by atoms with Crippen molar-refractivity contribution in [2.24, 2.45) is 4.99 Å². The van der Waals surface area contributed by atoms with Gasteiger partial charge in [-0.3, -0.25) is 4.99 Å². The standard InChI is InChI=1S/C5H6FN/c1-4-2-7-3-5(4)6/h3H,2H2,1H3. The first-order chi connectivity index (χ1) is 3.30. The molecule has 1 heterocycles. The van der Waals surface area contributed by atoms with Crippen LogP contribution < -0.4 is 0 Å². The van der Waals surface area contributed by atoms with Crippen LogP contribution in [0.5, 0.6) is 0 Å². The van der Waals surface area contributed by atoms with Crippen molar-refractivity contribution in [1.29, 1.82) is 0 Å². The van der Waals surface area contributed by atoms with E-state index in [1.807, 2.05) is 0 Å². The summed E-state index contributed by atoms with van der Waals surface area (Å²) in [5.74, 6) is -0.167. The molecule has 1 nitrogen and oxygen atoms in total. The first-order valence-electron chi connectivity index (χ1n) is 2.16. The number of allylic oxidation sites excluding steroid dienone is 1. The van der Waals surface area contributed by atoms with E-state index >= 15 is 0 Å². The molecule has 0 aromatic rings. The van der Waals surface area contributed by atoms with Crippen LogP contribution in [-0.4, -0.2) is 12.8 Å². The van der Waals surface area contributed by atoms with Gasteiger partial charge in [-0.15, -0.1) is 0 Å². The number of rotatable bonds is 0. The fraction of sp³-hybridized carbons (Fsp3) is 0.400. The van der Waals surface area contributed by atoms with E-state index in [4.69, 9.17) is 0 Å². The Kier molecular flexibility index (Phi) is 0.929. The summed E-state index contributed by atoms with van der Waals surface area (Å²) in [5.41, 5.74) is 0.736. The highest BCUT2D eigenvalue weighted by Crippen LogP contribution is 2.08. The maximum absolute atomic E-state index is 12.0. The van der Waals surface area contributed by atoms with Crippen LogP contribution in [0.4, 0.5) is 4.39 Å². The van der Waals surface area contributed by atoms with E-state index in [9.17, 15) is 4.39 Å². The van der Waals surface area contributed by atoms with Crippen LogP contribution in [0.2, 0.25) is 0 Å². The van der Waals surface area contributed by atoms with Crippen molar-refractivity contribution >= 4 is 6.21 Å². The molecule has 0 unspecified atom stereocenters. The van der Waals surface area contributed by atoms with Crippen LogP contribution in [0, 0.1) is 0 Å². The largest absolute Gasteiger partial charge is 0.286 e. The zero-order valence-electron chi connectivity index (χ0n) is 4.11. The van der Waals surface area contributed by atoms with E-state index in [1.165, 1.54) is 6.21 Å². The molecule has 2 heteroatoms. The smallest absolute Gasteiger partial charge is 0.141 e. The summed E-state index contributed by atoms with van der Waals surface area (Å²) >= 11 is 0. The molecule has 0 radical (unpaired) electrons. The maximum Gasteiger partial charge on any atom is 0.141 e. The van der Waals surface area contributed by atoms with Crippen LogP contribution in [0.15, 0.2) is 16.4 Å². The molecule has 0 spiro atoms. The Bertz CT molecular complexity index is 135. The van der Waals surface area contributed by atoms with Crippen LogP contribution in [0.1, 0.15) is 6.92 Å². The van der Waals surface area contributed by atoms with Gasteiger partial charge in [-0.2, -0.15) is 0 Å². The fourth-order valence-electron chi connectivity index (χ4n) is 0.448. The molecule has 38 valence electrons. The molecule has 0 aliphatic carbocycles. The number of nitrogens with zero attached hydrogens (tertiary/aromatic N) is 1. The van der Waals surface area contributed by atoms with Crippen LogP contribution >= 0.6 is 0 Å². The van der Waals surface area contributed by atoms with Gasteiger partial charge in [-0.1, -0.05) is 0 Å². The third-order valence-corrected chi connectivity index (χ3v) is 0.941. The predicted molar refractivity (Wildman–Crippen MR) is 27.2 cm³/mol. The first kappa shape index (κ1) is 4.50. The third kappa shape index (κ3) is 0.683. The van der Waals surface area contributed by atoms with Crippen LogP contribution in [0.3, 0.4) is 0 Å². The predicted octanol–water partition coefficient (Wildman–Crippen LogP) is 1.31. The first-order valence-corrected chi connectivity index (χ1v) is 2.16. The normalized spacial score (nSPS) is 19.1. The van der Waals surface area contributed by atoms with Crippen molar-refractivity contribution in [3.8, 4) is 0 Å². The van der Waals surface area contributed by atoms with Gasteiger partial charge in [0.2, 0.25) is 0 Å². The van der Waals surface area contributed by atoms with Crippen molar-refractivity contribution in [1.82, 2.24) is 0 Å². The summed E-state index contributed by atoms with van der Waals surface area (Å²) in [6, 6.07) is 0. The molecular formula is C5H6FN. The summed E-state index contributed by atoms with van der Waals surface area (Å²) in [5, 5.41) is 0. The van der Waals surface area contributed by atoms with E-state index in [-0.39, 0.29) is 5.83 Å². The molecule has 0 saturated heterocycles. The van der Waals surface area contributed by atoms with Crippen LogP contribution in [0.25, 0.3) is 0 Å². The Morgan fingerprint density at radius 1 is 1.86 bits per heavy atom. The highest BCUT2D eigenvalue weighted by molar-refractivity contribution is 5.79. The molecule has 0 bridgehead atoms. The van der Waals surface area contributed by atoms with Gasteiger partial charge in [0.1, 0.15) is 5.83 Å². The summed E-state index contributed by atoms with van der Waals surface area (Å²) in [4.78, 5) is 3.67. The molecule has 0 fully saturated rings. The molecule has 0 amide bonds. The van der Waals surface area contributed by atoms with Crippen molar-refractivity contribution in [2.45, 2.75) is 6.92 Å². The van der Waals surface area contributed by atoms with E-state index in [2.05, 4.69) is 4.99 Å². The molecule has 0 atom stereocenters. The van der Waals surface area contributed by atoms with Gasteiger partial charge in [0.05, 0.1) is 12.8 Å². The lowest BCUT2D eigenvalue weighted by atomic mass is 10.3. The molecule has 1 aliphatic rings. The second-order valence-electron chi connectivity index (χ2n) is 1.60. The molecule has 1 rings (SSSR count). The molecule has 1 aliphatic heterocycles. The quantitative estimate of drug-likeness (QED) is 0.434. The zero-order valence-corrected chi connectivity index (χ0v) is 4.11. The Balaban J connectivity index is 2.79. The maximum atomic E-state index is 12.0. The molecule has 0 saturated carbocycles. The molecular weight excluding hydrogens is 93.1 g/mol. The molecule has 0 aromatic heterocycles. The summed E-state index contributed by atoms with van der Waals surface area (Å²) in [7, 11) is 0. The van der Waals surface area contributed by atoms with E-state index in [0.717, 1.165) is 5.57 Å². The van der Waals surface area contributed by atoms with Crippen molar-refractivity contribution in [3.63, 3.8) is 0 Å². The zero-order chi connectivity index (χ0) is 5.28. The minimum absolute atomic E-state index is 0.167. The van der Waals surface area contributed by atoms with Gasteiger partial charge in [-0.05, 0) is 12.5 Å². The van der Waals surface area contributed by atoms with Crippen molar-refractivity contribution in [2.75, 3.05) is 6.54 Å². The Hall–Kier alpha value is -0.660. The van der Waals surface area contributed by atoms with Crippen molar-refractivity contribution in [3.05, 3.63) is 11.4 Å². The lowest BCUT2D eigenvalue weighted by molar-refractivity contribution is 0.678. The molecule has 0 aromatic carbocycles. The second-order valence-corrected chi connectivity index (χ2v) is 1.60. The van der Waals surface area contributed by atoms with E-state index in [0.29, 0.717) is 6.54 Å². The van der Waals surface area contributed by atoms with Crippen molar-refractivity contribution < 1.29 is 4.39 Å². The van der Waals surface area contributed by atoms with Gasteiger partial charge in [0.15, 0.2) is 0 Å². The van der Waals surface area contributed by atoms with Gasteiger partial charge in [0.25, 0.3) is 0 Å². The minimum atomic E-state index is -0.167. The number of hydrogen-bond acceptors (Lipinski definition) is 1. The number of aliphatic imine (C=N–C) groups is 1. The second kappa shape index (κ2) is 1.45. The topological polar surface area (TPSA) is 12.4 Å². The van der Waals surface area contributed by atoms with Crippen LogP contribution in [-0.2, 0) is 0 Å². The van der Waals surface area contributed by atoms with Gasteiger partial charge >= 0.3 is 0 Å². The molecule has 7 heavy (non-hydrogen) atoms. The Labute approximate surface area is 41.6 Å². The molecule has 0 N–H and O–H groups in total. The number of hydrogen-bond donors (Lipinski definition) is 0. The highest BCUT2D eigenvalue weighted by atomic mass is 19.1. The summed E-state index contributed by atoms with van der Waals surface area (Å²) < 4.78 is 12.0. The average molecular weight is 99.1 g/mol. The highest BCUT2D eigenvalue weighted by Gasteiger charge is 2.01. The monoisotopic (exact) mass is 99.0 g/mol. The Morgan fingerprint density at radius 3 is 2.71 bits per heavy atom. The fourth-order valence-corrected chi connectivity index (χ4v) is 0.448. The lowest BCUT2D eigenvalue weighted by Crippen LogP contribution is -1.74. The number of halogens is 1. The van der Waals surface area contributed by atoms with E-state index in [1.54, 1.807) is 6.92 Å². The summed E-state index contributed by atoms with van der Waals surface area (Å²) in [6.07, 6.45) is 1.26. The Morgan fingerprint density at radius 2 is 2.57 bits per heavy atom. The SMILES string of the molecule is CC1=C(F)C=NC1. The average Bonchev–Trinajstić information content (AvgIpc) is 1.91. The van der Waals surface area contributed by atoms with E-state index < -0.39 is 0 Å². The third-order valence-electron chi connectivity index (χ3n) is 0.941. The lowest BCUT2D eigenvalue weighted by Gasteiger charge is -1.81. The van der Waals surface area contributed by atoms with Gasteiger partial charge in [-0.25, -0.2) is 4.39 Å².